The Morgan fingerprint density at radius 1 is 1.10 bits per heavy atom. The second-order valence-electron chi connectivity index (χ2n) is 3.93. The molecule has 0 unspecified atom stereocenters. The van der Waals surface area contributed by atoms with Crippen molar-refractivity contribution in [3.05, 3.63) is 59.5 Å². The summed E-state index contributed by atoms with van der Waals surface area (Å²) in [6, 6.07) is 8.91. The van der Waals surface area contributed by atoms with Gasteiger partial charge in [0.05, 0.1) is 17.5 Å². The zero-order chi connectivity index (χ0) is 14.6. The van der Waals surface area contributed by atoms with Gasteiger partial charge in [0.1, 0.15) is 0 Å². The van der Waals surface area contributed by atoms with E-state index >= 15 is 0 Å². The molecule has 0 saturated heterocycles. The fourth-order valence-corrected chi connectivity index (χ4v) is 2.64. The zero-order valence-electron chi connectivity index (χ0n) is 10.6. The second kappa shape index (κ2) is 6.09. The molecular formula is C14H11F3N2S. The van der Waals surface area contributed by atoms with E-state index in [1.165, 1.54) is 19.3 Å². The van der Waals surface area contributed by atoms with E-state index in [2.05, 4.69) is 9.97 Å². The summed E-state index contributed by atoms with van der Waals surface area (Å²) in [7, 11) is 0. The summed E-state index contributed by atoms with van der Waals surface area (Å²) in [6.07, 6.45) is -0.752. The third-order valence-corrected chi connectivity index (χ3v) is 3.49. The van der Waals surface area contributed by atoms with Gasteiger partial charge in [-0.25, -0.2) is 0 Å². The number of hydrogen-bond acceptors (Lipinski definition) is 3. The zero-order valence-corrected chi connectivity index (χ0v) is 11.4. The molecule has 0 spiro atoms. The Labute approximate surface area is 118 Å². The van der Waals surface area contributed by atoms with E-state index in [4.69, 9.17) is 0 Å². The smallest absolute Gasteiger partial charge is 0.261 e. The van der Waals surface area contributed by atoms with E-state index in [1.807, 2.05) is 6.07 Å². The minimum absolute atomic E-state index is 0.143. The van der Waals surface area contributed by atoms with Crippen LogP contribution in [0.4, 0.5) is 13.2 Å². The first-order valence-electron chi connectivity index (χ1n) is 5.76. The van der Waals surface area contributed by atoms with Gasteiger partial charge in [-0.05, 0) is 19.1 Å². The molecule has 0 amide bonds. The molecule has 2 aromatic rings. The Bertz CT molecular complexity index is 595. The number of alkyl halides is 3. The molecule has 104 valence electrons. The first-order valence-corrected chi connectivity index (χ1v) is 6.57. The molecule has 20 heavy (non-hydrogen) atoms. The van der Waals surface area contributed by atoms with Crippen LogP contribution in [0.5, 0.6) is 0 Å². The van der Waals surface area contributed by atoms with E-state index in [0.717, 1.165) is 22.9 Å². The van der Waals surface area contributed by atoms with E-state index < -0.39 is 11.7 Å². The van der Waals surface area contributed by atoms with Crippen molar-refractivity contribution < 1.29 is 13.2 Å². The summed E-state index contributed by atoms with van der Waals surface area (Å²) >= 11 is 1.07. The maximum Gasteiger partial charge on any atom is 0.419 e. The first kappa shape index (κ1) is 14.6. The predicted molar refractivity (Wildman–Crippen MR) is 73.0 cm³/mol. The second-order valence-corrected chi connectivity index (χ2v) is 5.22. The van der Waals surface area contributed by atoms with E-state index in [1.54, 1.807) is 24.3 Å². The Morgan fingerprint density at radius 2 is 1.80 bits per heavy atom. The molecule has 0 atom stereocenters. The molecule has 2 rings (SSSR count). The molecule has 0 radical (unpaired) electrons. The van der Waals surface area contributed by atoms with Crippen molar-refractivity contribution in [2.24, 2.45) is 0 Å². The van der Waals surface area contributed by atoms with Crippen molar-refractivity contribution in [3.8, 4) is 0 Å². The quantitative estimate of drug-likeness (QED) is 0.776. The largest absolute Gasteiger partial charge is 0.419 e. The minimum Gasteiger partial charge on any atom is -0.261 e. The molecule has 0 bridgehead atoms. The summed E-state index contributed by atoms with van der Waals surface area (Å²) in [5.74, 6) is 0. The Kier molecular flexibility index (Phi) is 4.44. The summed E-state index contributed by atoms with van der Waals surface area (Å²) in [5.41, 5.74) is -0.916. The van der Waals surface area contributed by atoms with Gasteiger partial charge in [0.2, 0.25) is 0 Å². The van der Waals surface area contributed by atoms with Crippen LogP contribution in [0.3, 0.4) is 0 Å². The van der Waals surface area contributed by atoms with Crippen LogP contribution in [0, 0.1) is 0 Å². The number of rotatable bonds is 3. The highest BCUT2D eigenvalue weighted by atomic mass is 32.2. The van der Waals surface area contributed by atoms with Gasteiger partial charge in [-0.15, -0.1) is 0 Å². The van der Waals surface area contributed by atoms with Gasteiger partial charge in [-0.2, -0.15) is 13.2 Å². The molecule has 2 nitrogen and oxygen atoms in total. The van der Waals surface area contributed by atoms with Gasteiger partial charge in [0.15, 0.2) is 0 Å². The van der Waals surface area contributed by atoms with Crippen molar-refractivity contribution in [3.63, 3.8) is 0 Å². The number of allylic oxidation sites excluding steroid dienone is 2. The average molecular weight is 296 g/mol. The fraction of sp³-hybridized carbons (Fsp3) is 0.143. The Morgan fingerprint density at radius 3 is 2.35 bits per heavy atom. The number of nitrogens with zero attached hydrogens (tertiary/aromatic N) is 2. The van der Waals surface area contributed by atoms with Gasteiger partial charge in [-0.3, -0.25) is 9.97 Å². The van der Waals surface area contributed by atoms with Crippen molar-refractivity contribution in [2.75, 3.05) is 0 Å². The van der Waals surface area contributed by atoms with Gasteiger partial charge >= 0.3 is 6.18 Å². The van der Waals surface area contributed by atoms with Crippen LogP contribution < -0.4 is 0 Å². The van der Waals surface area contributed by atoms with Crippen LogP contribution >= 0.6 is 11.8 Å². The standard InChI is InChI=1S/C14H11F3N2S/c1-10(20-11-5-3-2-4-6-11)13(14(15,16)17)12-9-18-7-8-19-12/h2-9H,1H3/b13-10-. The molecule has 0 N–H and O–H groups in total. The number of benzene rings is 1. The van der Waals surface area contributed by atoms with Crippen LogP contribution in [0.1, 0.15) is 12.6 Å². The lowest BCUT2D eigenvalue weighted by molar-refractivity contribution is -0.0693. The molecule has 6 heteroatoms. The summed E-state index contributed by atoms with van der Waals surface area (Å²) in [4.78, 5) is 8.35. The third-order valence-electron chi connectivity index (χ3n) is 2.47. The van der Waals surface area contributed by atoms with E-state index in [0.29, 0.717) is 0 Å². The summed E-state index contributed by atoms with van der Waals surface area (Å²) in [6.45, 7) is 1.44. The SMILES string of the molecule is C/C(Sc1ccccc1)=C(\c1cnccn1)C(F)(F)F. The summed E-state index contributed by atoms with van der Waals surface area (Å²) in [5, 5.41) is 0. The number of hydrogen-bond donors (Lipinski definition) is 0. The monoisotopic (exact) mass is 296 g/mol. The van der Waals surface area contributed by atoms with Crippen LogP contribution in [-0.4, -0.2) is 16.1 Å². The van der Waals surface area contributed by atoms with Crippen LogP contribution in [0.15, 0.2) is 58.7 Å². The molecular weight excluding hydrogens is 285 g/mol. The van der Waals surface area contributed by atoms with Gasteiger partial charge in [0.25, 0.3) is 0 Å². The summed E-state index contributed by atoms with van der Waals surface area (Å²) < 4.78 is 39.7. The molecule has 0 aliphatic heterocycles. The van der Waals surface area contributed by atoms with Crippen LogP contribution in [-0.2, 0) is 0 Å². The molecule has 0 aliphatic carbocycles. The van der Waals surface area contributed by atoms with Crippen molar-refractivity contribution in [1.29, 1.82) is 0 Å². The van der Waals surface area contributed by atoms with Gasteiger partial charge < -0.3 is 0 Å². The Balaban J connectivity index is 2.43. The fourth-order valence-electron chi connectivity index (χ4n) is 1.67. The van der Waals surface area contributed by atoms with Crippen molar-refractivity contribution >= 4 is 17.3 Å². The topological polar surface area (TPSA) is 25.8 Å². The maximum absolute atomic E-state index is 13.2. The lowest BCUT2D eigenvalue weighted by Crippen LogP contribution is -2.13. The first-order chi connectivity index (χ1) is 9.48. The molecule has 0 fully saturated rings. The normalized spacial score (nSPS) is 13.0. The highest BCUT2D eigenvalue weighted by molar-refractivity contribution is 8.03. The number of halogens is 3. The lowest BCUT2D eigenvalue weighted by Gasteiger charge is -2.14. The van der Waals surface area contributed by atoms with Crippen LogP contribution in [0.2, 0.25) is 0 Å². The van der Waals surface area contributed by atoms with E-state index in [9.17, 15) is 13.2 Å². The van der Waals surface area contributed by atoms with Crippen molar-refractivity contribution in [1.82, 2.24) is 9.97 Å². The van der Waals surface area contributed by atoms with Crippen LogP contribution in [0.25, 0.3) is 5.57 Å². The Hall–Kier alpha value is -1.82. The average Bonchev–Trinajstić information content (AvgIpc) is 2.39. The molecule has 0 aliphatic rings. The maximum atomic E-state index is 13.2. The van der Waals surface area contributed by atoms with Crippen molar-refractivity contribution in [2.45, 2.75) is 18.0 Å². The molecule has 1 aromatic carbocycles. The molecule has 0 saturated carbocycles. The van der Waals surface area contributed by atoms with Gasteiger partial charge in [0, 0.05) is 22.2 Å². The third kappa shape index (κ3) is 3.60. The highest BCUT2D eigenvalue weighted by Crippen LogP contribution is 2.40. The predicted octanol–water partition coefficient (Wildman–Crippen LogP) is 4.56. The molecule has 1 heterocycles. The number of thioether (sulfide) groups is 1. The lowest BCUT2D eigenvalue weighted by atomic mass is 10.2. The minimum atomic E-state index is -4.47. The highest BCUT2D eigenvalue weighted by Gasteiger charge is 2.37. The van der Waals surface area contributed by atoms with E-state index in [-0.39, 0.29) is 10.6 Å². The molecule has 1 aromatic heterocycles. The number of aromatic nitrogens is 2. The van der Waals surface area contributed by atoms with Gasteiger partial charge in [-0.1, -0.05) is 30.0 Å².